The van der Waals surface area contributed by atoms with Crippen molar-refractivity contribution in [3.8, 4) is 0 Å². The Bertz CT molecular complexity index is 559. The predicted octanol–water partition coefficient (Wildman–Crippen LogP) is 8.34. The fourth-order valence-corrected chi connectivity index (χ4v) is 17.0. The van der Waals surface area contributed by atoms with E-state index in [9.17, 15) is 0 Å². The van der Waals surface area contributed by atoms with Gasteiger partial charge in [0.05, 0.1) is 0 Å². The maximum absolute atomic E-state index is 2.63. The second kappa shape index (κ2) is 8.63. The van der Waals surface area contributed by atoms with Crippen molar-refractivity contribution in [2.45, 2.75) is 91.4 Å². The van der Waals surface area contributed by atoms with Crippen molar-refractivity contribution in [3.05, 3.63) is 36.0 Å². The summed E-state index contributed by atoms with van der Waals surface area (Å²) < 4.78 is 4.45. The first-order valence-corrected chi connectivity index (χ1v) is 16.2. The molecule has 1 fully saturated rings. The van der Waals surface area contributed by atoms with E-state index in [1.165, 1.54) is 38.5 Å². The van der Waals surface area contributed by atoms with Crippen molar-refractivity contribution in [2.75, 3.05) is 0 Å². The van der Waals surface area contributed by atoms with E-state index in [1.807, 2.05) is 0 Å². The minimum atomic E-state index is -1.33. The molecule has 0 spiro atoms. The van der Waals surface area contributed by atoms with Crippen LogP contribution in [0.15, 0.2) is 36.0 Å². The van der Waals surface area contributed by atoms with E-state index in [2.05, 4.69) is 65.0 Å². The van der Waals surface area contributed by atoms with E-state index in [0.717, 1.165) is 15.5 Å². The quantitative estimate of drug-likeness (QED) is 0.338. The molecular formula is C25H41Zr. The molecule has 0 nitrogen and oxygen atoms in total. The molecule has 0 aromatic rings. The Morgan fingerprint density at radius 2 is 1.69 bits per heavy atom. The Kier molecular flexibility index (Phi) is 6.91. The van der Waals surface area contributed by atoms with Crippen LogP contribution < -0.4 is 0 Å². The van der Waals surface area contributed by atoms with Crippen LogP contribution in [0.3, 0.4) is 0 Å². The van der Waals surface area contributed by atoms with Crippen LogP contribution >= 0.6 is 0 Å². The molecule has 3 rings (SSSR count). The molecule has 26 heavy (non-hydrogen) atoms. The second-order valence-corrected chi connectivity index (χ2v) is 17.5. The summed E-state index contributed by atoms with van der Waals surface area (Å²) in [6.45, 7) is 12.5. The first-order chi connectivity index (χ1) is 12.4. The van der Waals surface area contributed by atoms with Gasteiger partial charge in [-0.15, -0.1) is 0 Å². The van der Waals surface area contributed by atoms with Crippen molar-refractivity contribution in [1.82, 2.24) is 0 Å². The van der Waals surface area contributed by atoms with Crippen LogP contribution in [0, 0.1) is 22.7 Å². The fourth-order valence-electron chi connectivity index (χ4n) is 6.28. The SMILES string of the molecule is CCC[CH2][Zr]([CH2]CCC)[CH]1CCC2C1C(C)(C)C=CC2(C)C1=CC=CC1. The second-order valence-electron chi connectivity index (χ2n) is 9.94. The first kappa shape index (κ1) is 20.8. The van der Waals surface area contributed by atoms with E-state index < -0.39 is 21.8 Å². The van der Waals surface area contributed by atoms with Crippen molar-refractivity contribution in [2.24, 2.45) is 22.7 Å². The predicted molar refractivity (Wildman–Crippen MR) is 112 cm³/mol. The van der Waals surface area contributed by atoms with Crippen LogP contribution in [0.25, 0.3) is 0 Å². The Balaban J connectivity index is 1.88. The molecule has 3 aliphatic carbocycles. The minimum absolute atomic E-state index is 0.322. The van der Waals surface area contributed by atoms with Crippen molar-refractivity contribution >= 4 is 0 Å². The Morgan fingerprint density at radius 3 is 2.27 bits per heavy atom. The molecule has 0 N–H and O–H groups in total. The molecule has 0 aromatic carbocycles. The summed E-state index contributed by atoms with van der Waals surface area (Å²) in [5.74, 6) is 1.83. The van der Waals surface area contributed by atoms with E-state index in [0.29, 0.717) is 10.8 Å². The van der Waals surface area contributed by atoms with Crippen molar-refractivity contribution < 1.29 is 21.8 Å². The monoisotopic (exact) mass is 431 g/mol. The fraction of sp³-hybridized carbons (Fsp3) is 0.760. The summed E-state index contributed by atoms with van der Waals surface area (Å²) in [5.41, 5.74) is 2.41. The molecule has 145 valence electrons. The van der Waals surface area contributed by atoms with Gasteiger partial charge in [-0.1, -0.05) is 0 Å². The molecule has 0 amide bonds. The van der Waals surface area contributed by atoms with Gasteiger partial charge in [-0.2, -0.15) is 0 Å². The molecule has 0 bridgehead atoms. The number of unbranched alkanes of at least 4 members (excludes halogenated alkanes) is 2. The van der Waals surface area contributed by atoms with E-state index in [-0.39, 0.29) is 0 Å². The molecule has 0 radical (unpaired) electrons. The Morgan fingerprint density at radius 1 is 1.00 bits per heavy atom. The van der Waals surface area contributed by atoms with Crippen molar-refractivity contribution in [1.29, 1.82) is 0 Å². The average molecular weight is 433 g/mol. The van der Waals surface area contributed by atoms with Gasteiger partial charge in [0, 0.05) is 0 Å². The zero-order valence-electron chi connectivity index (χ0n) is 18.0. The molecule has 1 heteroatoms. The summed E-state index contributed by atoms with van der Waals surface area (Å²) in [5, 5.41) is 0. The molecule has 0 aliphatic heterocycles. The Hall–Kier alpha value is 0.103. The van der Waals surface area contributed by atoms with Crippen LogP contribution in [-0.4, -0.2) is 0 Å². The van der Waals surface area contributed by atoms with Crippen LogP contribution in [0.2, 0.25) is 11.9 Å². The van der Waals surface area contributed by atoms with Gasteiger partial charge in [0.2, 0.25) is 0 Å². The number of hydrogen-bond acceptors (Lipinski definition) is 0. The first-order valence-electron chi connectivity index (χ1n) is 11.3. The van der Waals surface area contributed by atoms with Crippen molar-refractivity contribution in [3.63, 3.8) is 0 Å². The zero-order valence-corrected chi connectivity index (χ0v) is 20.4. The van der Waals surface area contributed by atoms with Gasteiger partial charge in [-0.25, -0.2) is 0 Å². The van der Waals surface area contributed by atoms with Gasteiger partial charge < -0.3 is 0 Å². The number of fused-ring (bicyclic) bond motifs is 1. The summed E-state index contributed by atoms with van der Waals surface area (Å²) in [7, 11) is 0. The third-order valence-corrected chi connectivity index (χ3v) is 16.9. The average Bonchev–Trinajstić information content (AvgIpc) is 3.30. The van der Waals surface area contributed by atoms with Gasteiger partial charge in [0.25, 0.3) is 0 Å². The van der Waals surface area contributed by atoms with Crippen LogP contribution in [0.5, 0.6) is 0 Å². The third-order valence-electron chi connectivity index (χ3n) is 7.83. The molecular weight excluding hydrogens is 391 g/mol. The molecule has 0 heterocycles. The van der Waals surface area contributed by atoms with Gasteiger partial charge >= 0.3 is 172 Å². The molecule has 0 saturated heterocycles. The topological polar surface area (TPSA) is 0 Å². The zero-order chi connectivity index (χ0) is 18.8. The summed E-state index contributed by atoms with van der Waals surface area (Å²) in [4.78, 5) is 0. The van der Waals surface area contributed by atoms with Gasteiger partial charge in [0.15, 0.2) is 0 Å². The molecule has 3 aliphatic rings. The van der Waals surface area contributed by atoms with E-state index in [1.54, 1.807) is 20.3 Å². The van der Waals surface area contributed by atoms with Gasteiger partial charge in [-0.3, -0.25) is 0 Å². The summed E-state index contributed by atoms with van der Waals surface area (Å²) in [6.07, 6.45) is 22.4. The van der Waals surface area contributed by atoms with Crippen LogP contribution in [0.1, 0.15) is 79.6 Å². The molecule has 0 aromatic heterocycles. The third kappa shape index (κ3) is 3.95. The normalized spacial score (nSPS) is 34.8. The van der Waals surface area contributed by atoms with Gasteiger partial charge in [0.1, 0.15) is 0 Å². The van der Waals surface area contributed by atoms with Crippen LogP contribution in [-0.2, 0) is 21.8 Å². The molecule has 4 unspecified atom stereocenters. The van der Waals surface area contributed by atoms with Gasteiger partial charge in [-0.05, 0) is 0 Å². The summed E-state index contributed by atoms with van der Waals surface area (Å²) in [6, 6.07) is 0. The Labute approximate surface area is 171 Å². The van der Waals surface area contributed by atoms with E-state index in [4.69, 9.17) is 0 Å². The number of hydrogen-bond donors (Lipinski definition) is 0. The van der Waals surface area contributed by atoms with Crippen LogP contribution in [0.4, 0.5) is 0 Å². The molecule has 4 atom stereocenters. The van der Waals surface area contributed by atoms with E-state index >= 15 is 0 Å². The number of allylic oxidation sites excluding steroid dienone is 6. The maximum atomic E-state index is 2.63. The number of rotatable bonds is 8. The standard InChI is InChI=1S/C17H23.2C4H9.Zr/c1-16(2)11-12-17(3,13-7-4-5-8-13)15-10-6-9-14(15)16;2*1-3-4-2;/h4-5,7,9,11-12,14-15H,6,8,10H2,1-3H3;2*1,3-4H2,2H3;. The summed E-state index contributed by atoms with van der Waals surface area (Å²) >= 11 is -1.33. The molecule has 1 saturated carbocycles.